The summed E-state index contributed by atoms with van der Waals surface area (Å²) in [4.78, 5) is 4.05. The minimum Gasteiger partial charge on any atom is -0.481 e. The van der Waals surface area contributed by atoms with E-state index in [-0.39, 0.29) is 12.4 Å². The van der Waals surface area contributed by atoms with Crippen molar-refractivity contribution >= 4 is 33.2 Å². The molecule has 1 aliphatic heterocycles. The predicted molar refractivity (Wildman–Crippen MR) is 64.4 cm³/mol. The van der Waals surface area contributed by atoms with Crippen LogP contribution in [0.5, 0.6) is 5.75 Å². The number of aromatic nitrogens is 1. The van der Waals surface area contributed by atoms with Gasteiger partial charge in [-0.3, -0.25) is 0 Å². The maximum atomic E-state index is 13.8. The second-order valence-corrected chi connectivity index (χ2v) is 5.95. The van der Waals surface area contributed by atoms with Gasteiger partial charge in [0.2, 0.25) is 0 Å². The van der Waals surface area contributed by atoms with Gasteiger partial charge in [-0.2, -0.15) is 0 Å². The summed E-state index contributed by atoms with van der Waals surface area (Å²) in [6.45, 7) is 1.59. The molecule has 17 heavy (non-hydrogen) atoms. The number of aliphatic hydroxyl groups is 1. The van der Waals surface area contributed by atoms with Gasteiger partial charge in [0.05, 0.1) is 16.8 Å². The zero-order valence-corrected chi connectivity index (χ0v) is 10.5. The van der Waals surface area contributed by atoms with Gasteiger partial charge in [0, 0.05) is 18.1 Å². The predicted octanol–water partition coefficient (Wildman–Crippen LogP) is 2.77. The van der Waals surface area contributed by atoms with E-state index in [1.165, 1.54) is 17.4 Å². The summed E-state index contributed by atoms with van der Waals surface area (Å²) in [7, 11) is 0. The van der Waals surface area contributed by atoms with E-state index in [0.717, 1.165) is 10.3 Å². The topological polar surface area (TPSA) is 42.4 Å². The fourth-order valence-electron chi connectivity index (χ4n) is 2.07. The number of benzene rings is 1. The number of fused-ring (bicyclic) bond motifs is 3. The molecule has 0 spiro atoms. The lowest BCUT2D eigenvalue weighted by atomic mass is 10.0. The normalized spacial score (nSPS) is 22.8. The molecular formula is C11H9ClFNO2S. The van der Waals surface area contributed by atoms with E-state index in [1.54, 1.807) is 6.92 Å². The van der Waals surface area contributed by atoms with Crippen LogP contribution in [0.4, 0.5) is 4.39 Å². The number of ether oxygens (including phenoxy) is 1. The van der Waals surface area contributed by atoms with E-state index in [0.29, 0.717) is 16.4 Å². The summed E-state index contributed by atoms with van der Waals surface area (Å²) in [5, 5.41) is 9.28. The van der Waals surface area contributed by atoms with Crippen molar-refractivity contribution in [1.29, 1.82) is 0 Å². The molecule has 0 saturated carbocycles. The molecule has 1 unspecified atom stereocenters. The Hall–Kier alpha value is -0.910. The largest absolute Gasteiger partial charge is 0.481 e. The fraction of sp³-hybridized carbons (Fsp3) is 0.364. The van der Waals surface area contributed by atoms with E-state index in [1.807, 2.05) is 0 Å². The van der Waals surface area contributed by atoms with Crippen LogP contribution in [-0.4, -0.2) is 22.3 Å². The van der Waals surface area contributed by atoms with Gasteiger partial charge in [0.25, 0.3) is 0 Å². The van der Waals surface area contributed by atoms with Crippen LogP contribution >= 0.6 is 22.9 Å². The Bertz CT molecular complexity index is 615. The first-order chi connectivity index (χ1) is 8.02. The molecule has 1 aliphatic rings. The van der Waals surface area contributed by atoms with Crippen LogP contribution in [0.3, 0.4) is 0 Å². The summed E-state index contributed by atoms with van der Waals surface area (Å²) in [6, 6.07) is 1.32. The molecule has 0 aliphatic carbocycles. The number of hydrogen-bond donors (Lipinski definition) is 1. The Balaban J connectivity index is 2.27. The molecule has 1 aromatic heterocycles. The number of nitrogens with zero attached hydrogens (tertiary/aromatic N) is 1. The minimum absolute atomic E-state index is 0.158. The molecular weight excluding hydrogens is 265 g/mol. The highest BCUT2D eigenvalue weighted by atomic mass is 35.5. The van der Waals surface area contributed by atoms with Gasteiger partial charge in [-0.15, -0.1) is 11.3 Å². The van der Waals surface area contributed by atoms with E-state index in [2.05, 4.69) is 4.98 Å². The van der Waals surface area contributed by atoms with Gasteiger partial charge < -0.3 is 9.84 Å². The van der Waals surface area contributed by atoms with Crippen molar-refractivity contribution in [3.63, 3.8) is 0 Å². The molecule has 3 rings (SSSR count). The Labute approximate surface area is 106 Å². The lowest BCUT2D eigenvalue weighted by Crippen LogP contribution is -2.34. The lowest BCUT2D eigenvalue weighted by molar-refractivity contribution is 0.0421. The molecule has 6 heteroatoms. The molecule has 2 aromatic rings. The molecule has 0 saturated heterocycles. The van der Waals surface area contributed by atoms with Crippen LogP contribution in [0, 0.1) is 5.82 Å². The standard InChI is InChI=1S/C11H9ClFNO2S/c1-11(4-15)3-5-8(16-11)6(13)2-7-9(5)17-10(12)14-7/h2,15H,3-4H2,1H3. The highest BCUT2D eigenvalue weighted by Crippen LogP contribution is 2.43. The van der Waals surface area contributed by atoms with Crippen molar-refractivity contribution in [2.24, 2.45) is 0 Å². The Morgan fingerprint density at radius 1 is 1.71 bits per heavy atom. The zero-order chi connectivity index (χ0) is 12.2. The first-order valence-corrected chi connectivity index (χ1v) is 6.29. The summed E-state index contributed by atoms with van der Waals surface area (Å²) in [5.41, 5.74) is 0.538. The van der Waals surface area contributed by atoms with Crippen molar-refractivity contribution in [3.8, 4) is 5.75 Å². The Kier molecular flexibility index (Phi) is 2.33. The summed E-state index contributed by atoms with van der Waals surface area (Å²) in [6.07, 6.45) is 0.464. The third kappa shape index (κ3) is 1.61. The van der Waals surface area contributed by atoms with Crippen molar-refractivity contribution in [2.75, 3.05) is 6.61 Å². The maximum Gasteiger partial charge on any atom is 0.184 e. The molecule has 1 N–H and O–H groups in total. The van der Waals surface area contributed by atoms with Crippen molar-refractivity contribution in [3.05, 3.63) is 21.9 Å². The molecule has 0 radical (unpaired) electrons. The van der Waals surface area contributed by atoms with Gasteiger partial charge in [0.1, 0.15) is 5.60 Å². The Morgan fingerprint density at radius 2 is 2.47 bits per heavy atom. The van der Waals surface area contributed by atoms with E-state index < -0.39 is 11.4 Å². The van der Waals surface area contributed by atoms with Gasteiger partial charge in [-0.05, 0) is 6.92 Å². The molecule has 0 bridgehead atoms. The fourth-order valence-corrected chi connectivity index (χ4v) is 3.20. The summed E-state index contributed by atoms with van der Waals surface area (Å²) in [5.74, 6) is -0.235. The summed E-state index contributed by atoms with van der Waals surface area (Å²) >= 11 is 7.14. The number of thiazole rings is 1. The van der Waals surface area contributed by atoms with Gasteiger partial charge >= 0.3 is 0 Å². The Morgan fingerprint density at radius 3 is 3.18 bits per heavy atom. The van der Waals surface area contributed by atoms with Crippen LogP contribution in [-0.2, 0) is 6.42 Å². The smallest absolute Gasteiger partial charge is 0.184 e. The van der Waals surface area contributed by atoms with Crippen molar-refractivity contribution < 1.29 is 14.2 Å². The summed E-state index contributed by atoms with van der Waals surface area (Å²) < 4.78 is 20.5. The van der Waals surface area contributed by atoms with E-state index >= 15 is 0 Å². The molecule has 2 heterocycles. The molecule has 0 fully saturated rings. The van der Waals surface area contributed by atoms with Crippen LogP contribution in [0.2, 0.25) is 4.47 Å². The SMILES string of the molecule is CC1(CO)Cc2c(c(F)cc3nc(Cl)sc23)O1. The molecule has 0 amide bonds. The van der Waals surface area contributed by atoms with E-state index in [9.17, 15) is 9.50 Å². The van der Waals surface area contributed by atoms with Crippen LogP contribution in [0.15, 0.2) is 6.07 Å². The first-order valence-electron chi connectivity index (χ1n) is 5.10. The third-order valence-corrected chi connectivity index (χ3v) is 4.12. The maximum absolute atomic E-state index is 13.8. The van der Waals surface area contributed by atoms with Crippen molar-refractivity contribution in [1.82, 2.24) is 4.98 Å². The van der Waals surface area contributed by atoms with Gasteiger partial charge in [0.15, 0.2) is 16.0 Å². The number of halogens is 2. The van der Waals surface area contributed by atoms with Crippen molar-refractivity contribution in [2.45, 2.75) is 18.9 Å². The number of aliphatic hydroxyl groups excluding tert-OH is 1. The average Bonchev–Trinajstić information content (AvgIpc) is 2.80. The van der Waals surface area contributed by atoms with E-state index in [4.69, 9.17) is 16.3 Å². The van der Waals surface area contributed by atoms with Crippen LogP contribution in [0.1, 0.15) is 12.5 Å². The highest BCUT2D eigenvalue weighted by molar-refractivity contribution is 7.22. The molecule has 1 atom stereocenters. The first kappa shape index (κ1) is 11.2. The lowest BCUT2D eigenvalue weighted by Gasteiger charge is -2.20. The third-order valence-electron chi connectivity index (χ3n) is 2.89. The minimum atomic E-state index is -0.756. The molecule has 90 valence electrons. The van der Waals surface area contributed by atoms with Crippen LogP contribution < -0.4 is 4.74 Å². The highest BCUT2D eigenvalue weighted by Gasteiger charge is 2.38. The van der Waals surface area contributed by atoms with Gasteiger partial charge in [-0.1, -0.05) is 11.6 Å². The average molecular weight is 274 g/mol. The number of hydrogen-bond acceptors (Lipinski definition) is 4. The van der Waals surface area contributed by atoms with Gasteiger partial charge in [-0.25, -0.2) is 9.37 Å². The second-order valence-electron chi connectivity index (χ2n) is 4.37. The molecule has 3 nitrogen and oxygen atoms in total. The molecule has 1 aromatic carbocycles. The quantitative estimate of drug-likeness (QED) is 0.869. The van der Waals surface area contributed by atoms with Crippen LogP contribution in [0.25, 0.3) is 10.2 Å². The monoisotopic (exact) mass is 273 g/mol. The zero-order valence-electron chi connectivity index (χ0n) is 8.96. The number of rotatable bonds is 1. The second kappa shape index (κ2) is 3.54.